The maximum absolute atomic E-state index is 12.3. The third-order valence-electron chi connectivity index (χ3n) is 3.51. The smallest absolute Gasteiger partial charge is 0.166 e. The average molecular weight is 217 g/mol. The quantitative estimate of drug-likeness (QED) is 0.711. The second kappa shape index (κ2) is 4.77. The molecule has 0 N–H and O–H groups in total. The molecule has 1 aliphatic rings. The zero-order valence-corrected chi connectivity index (χ0v) is 10.0. The Hall–Kier alpha value is -1.18. The summed E-state index contributed by atoms with van der Waals surface area (Å²) in [5.41, 5.74) is 0.821. The fraction of sp³-hybridized carbons (Fsp3) is 0.571. The molecule has 0 saturated heterocycles. The van der Waals surface area contributed by atoms with Gasteiger partial charge in [-0.3, -0.25) is 9.78 Å². The van der Waals surface area contributed by atoms with Crippen LogP contribution in [0.5, 0.6) is 0 Å². The van der Waals surface area contributed by atoms with Gasteiger partial charge in [0.2, 0.25) is 0 Å². The lowest BCUT2D eigenvalue weighted by molar-refractivity contribution is 0.0836. The van der Waals surface area contributed by atoms with Crippen molar-refractivity contribution < 1.29 is 4.79 Å². The van der Waals surface area contributed by atoms with Crippen molar-refractivity contribution in [1.82, 2.24) is 4.98 Å². The van der Waals surface area contributed by atoms with E-state index < -0.39 is 0 Å². The van der Waals surface area contributed by atoms with Crippen LogP contribution in [-0.2, 0) is 0 Å². The molecule has 2 unspecified atom stereocenters. The lowest BCUT2D eigenvalue weighted by atomic mass is 9.74. The first kappa shape index (κ1) is 11.3. The van der Waals surface area contributed by atoms with Gasteiger partial charge < -0.3 is 0 Å². The van der Waals surface area contributed by atoms with Crippen LogP contribution in [0.1, 0.15) is 43.5 Å². The van der Waals surface area contributed by atoms with E-state index in [2.05, 4.69) is 18.8 Å². The van der Waals surface area contributed by atoms with E-state index in [1.165, 1.54) is 6.42 Å². The third kappa shape index (κ3) is 2.49. The minimum atomic E-state index is 0.223. The highest BCUT2D eigenvalue weighted by Gasteiger charge is 2.29. The van der Waals surface area contributed by atoms with Crippen molar-refractivity contribution in [2.45, 2.75) is 33.1 Å². The van der Waals surface area contributed by atoms with Gasteiger partial charge in [0.15, 0.2) is 5.78 Å². The Labute approximate surface area is 97.1 Å². The summed E-state index contributed by atoms with van der Waals surface area (Å²) in [7, 11) is 0. The van der Waals surface area contributed by atoms with Crippen LogP contribution in [0.15, 0.2) is 24.5 Å². The van der Waals surface area contributed by atoms with Crippen molar-refractivity contribution in [3.05, 3.63) is 30.1 Å². The van der Waals surface area contributed by atoms with Crippen molar-refractivity contribution >= 4 is 5.78 Å². The average Bonchev–Trinajstić information content (AvgIpc) is 2.28. The van der Waals surface area contributed by atoms with Gasteiger partial charge in [-0.15, -0.1) is 0 Å². The third-order valence-corrected chi connectivity index (χ3v) is 3.51. The van der Waals surface area contributed by atoms with Gasteiger partial charge in [0.25, 0.3) is 0 Å². The van der Waals surface area contributed by atoms with Crippen LogP contribution in [0.3, 0.4) is 0 Å². The SMILES string of the molecule is CC1CC(C)CC(C(=O)c2ccncc2)C1. The van der Waals surface area contributed by atoms with Crippen LogP contribution in [0, 0.1) is 17.8 Å². The molecule has 86 valence electrons. The van der Waals surface area contributed by atoms with Gasteiger partial charge in [0, 0.05) is 23.9 Å². The van der Waals surface area contributed by atoms with Crippen molar-refractivity contribution in [2.24, 2.45) is 17.8 Å². The van der Waals surface area contributed by atoms with Crippen LogP contribution >= 0.6 is 0 Å². The Morgan fingerprint density at radius 1 is 1.12 bits per heavy atom. The molecule has 16 heavy (non-hydrogen) atoms. The molecule has 2 atom stereocenters. The molecule has 2 nitrogen and oxygen atoms in total. The van der Waals surface area contributed by atoms with Gasteiger partial charge in [-0.2, -0.15) is 0 Å². The lowest BCUT2D eigenvalue weighted by Gasteiger charge is -2.30. The standard InChI is InChI=1S/C14H19NO/c1-10-7-11(2)9-13(8-10)14(16)12-3-5-15-6-4-12/h3-6,10-11,13H,7-9H2,1-2H3. The summed E-state index contributed by atoms with van der Waals surface area (Å²) in [5.74, 6) is 1.89. The van der Waals surface area contributed by atoms with Crippen LogP contribution in [0.25, 0.3) is 0 Å². The number of nitrogens with zero attached hydrogens (tertiary/aromatic N) is 1. The number of rotatable bonds is 2. The van der Waals surface area contributed by atoms with Crippen LogP contribution in [0.2, 0.25) is 0 Å². The summed E-state index contributed by atoms with van der Waals surface area (Å²) in [6.45, 7) is 4.50. The van der Waals surface area contributed by atoms with E-state index in [0.717, 1.165) is 18.4 Å². The largest absolute Gasteiger partial charge is 0.294 e. The van der Waals surface area contributed by atoms with Crippen LogP contribution in [-0.4, -0.2) is 10.8 Å². The second-order valence-electron chi connectivity index (χ2n) is 5.21. The van der Waals surface area contributed by atoms with E-state index in [-0.39, 0.29) is 5.92 Å². The summed E-state index contributed by atoms with van der Waals surface area (Å²) in [4.78, 5) is 16.2. The summed E-state index contributed by atoms with van der Waals surface area (Å²) >= 11 is 0. The molecule has 0 amide bonds. The number of carbonyl (C=O) groups is 1. The van der Waals surface area contributed by atoms with E-state index >= 15 is 0 Å². The van der Waals surface area contributed by atoms with Gasteiger partial charge in [-0.1, -0.05) is 13.8 Å². The predicted octanol–water partition coefficient (Wildman–Crippen LogP) is 3.34. The Balaban J connectivity index is 2.10. The number of ketones is 1. The molecule has 1 fully saturated rings. The number of hydrogen-bond acceptors (Lipinski definition) is 2. The molecule has 1 saturated carbocycles. The Bertz CT molecular complexity index is 350. The fourth-order valence-electron chi connectivity index (χ4n) is 2.91. The molecular weight excluding hydrogens is 198 g/mol. The Morgan fingerprint density at radius 3 is 2.25 bits per heavy atom. The number of aromatic nitrogens is 1. The monoisotopic (exact) mass is 217 g/mol. The minimum absolute atomic E-state index is 0.223. The molecule has 2 rings (SSSR count). The minimum Gasteiger partial charge on any atom is -0.294 e. The summed E-state index contributed by atoms with van der Waals surface area (Å²) < 4.78 is 0. The molecule has 0 spiro atoms. The van der Waals surface area contributed by atoms with E-state index in [0.29, 0.717) is 17.6 Å². The van der Waals surface area contributed by atoms with Crippen molar-refractivity contribution in [3.63, 3.8) is 0 Å². The molecule has 2 heteroatoms. The second-order valence-corrected chi connectivity index (χ2v) is 5.21. The molecule has 0 aliphatic heterocycles. The first-order valence-electron chi connectivity index (χ1n) is 6.11. The Morgan fingerprint density at radius 2 is 1.69 bits per heavy atom. The lowest BCUT2D eigenvalue weighted by Crippen LogP contribution is -2.26. The maximum Gasteiger partial charge on any atom is 0.166 e. The highest BCUT2D eigenvalue weighted by Crippen LogP contribution is 2.34. The fourth-order valence-corrected chi connectivity index (χ4v) is 2.91. The van der Waals surface area contributed by atoms with Crippen LogP contribution in [0.4, 0.5) is 0 Å². The predicted molar refractivity (Wildman–Crippen MR) is 64.2 cm³/mol. The first-order chi connectivity index (χ1) is 7.66. The number of carbonyl (C=O) groups excluding carboxylic acids is 1. The maximum atomic E-state index is 12.3. The zero-order chi connectivity index (χ0) is 11.5. The molecule has 0 bridgehead atoms. The molecular formula is C14H19NO. The van der Waals surface area contributed by atoms with Crippen molar-refractivity contribution in [1.29, 1.82) is 0 Å². The highest BCUT2D eigenvalue weighted by atomic mass is 16.1. The van der Waals surface area contributed by atoms with Gasteiger partial charge in [0.05, 0.1) is 0 Å². The summed E-state index contributed by atoms with van der Waals surface area (Å²) in [5, 5.41) is 0. The van der Waals surface area contributed by atoms with Gasteiger partial charge in [-0.25, -0.2) is 0 Å². The molecule has 1 aromatic rings. The normalized spacial score (nSPS) is 30.0. The first-order valence-corrected chi connectivity index (χ1v) is 6.11. The molecule has 1 aromatic heterocycles. The van der Waals surface area contributed by atoms with Crippen molar-refractivity contribution in [2.75, 3.05) is 0 Å². The number of hydrogen-bond donors (Lipinski definition) is 0. The van der Waals surface area contributed by atoms with Crippen LogP contribution < -0.4 is 0 Å². The highest BCUT2D eigenvalue weighted by molar-refractivity contribution is 5.97. The summed E-state index contributed by atoms with van der Waals surface area (Å²) in [6, 6.07) is 3.65. The molecule has 0 aromatic carbocycles. The zero-order valence-electron chi connectivity index (χ0n) is 10.0. The van der Waals surface area contributed by atoms with Crippen molar-refractivity contribution in [3.8, 4) is 0 Å². The Kier molecular flexibility index (Phi) is 3.37. The molecule has 1 heterocycles. The van der Waals surface area contributed by atoms with Gasteiger partial charge in [0.1, 0.15) is 0 Å². The topological polar surface area (TPSA) is 30.0 Å². The van der Waals surface area contributed by atoms with Gasteiger partial charge in [-0.05, 0) is 43.2 Å². The van der Waals surface area contributed by atoms with E-state index in [1.54, 1.807) is 12.4 Å². The van der Waals surface area contributed by atoms with E-state index in [4.69, 9.17) is 0 Å². The van der Waals surface area contributed by atoms with E-state index in [1.807, 2.05) is 12.1 Å². The molecule has 1 aliphatic carbocycles. The van der Waals surface area contributed by atoms with E-state index in [9.17, 15) is 4.79 Å². The molecule has 0 radical (unpaired) electrons. The summed E-state index contributed by atoms with van der Waals surface area (Å²) in [6.07, 6.45) is 6.75. The number of Topliss-reactive ketones (excluding diaryl/α,β-unsaturated/α-hetero) is 1. The van der Waals surface area contributed by atoms with Gasteiger partial charge >= 0.3 is 0 Å². The number of pyridine rings is 1.